The SMILES string of the molecule is CN(C)c1ccc(NCCCC(C)(C)C)cc1. The molecule has 0 aromatic heterocycles. The Labute approximate surface area is 106 Å². The van der Waals surface area contributed by atoms with Crippen molar-refractivity contribution in [2.45, 2.75) is 33.6 Å². The van der Waals surface area contributed by atoms with Crippen LogP contribution in [0.2, 0.25) is 0 Å². The van der Waals surface area contributed by atoms with Gasteiger partial charge < -0.3 is 10.2 Å². The van der Waals surface area contributed by atoms with Crippen molar-refractivity contribution < 1.29 is 0 Å². The van der Waals surface area contributed by atoms with Crippen LogP contribution in [0, 0.1) is 5.41 Å². The molecule has 2 heteroatoms. The lowest BCUT2D eigenvalue weighted by atomic mass is 9.91. The molecule has 0 aliphatic heterocycles. The highest BCUT2D eigenvalue weighted by atomic mass is 15.1. The zero-order chi connectivity index (χ0) is 12.9. The Kier molecular flexibility index (Phi) is 4.86. The minimum Gasteiger partial charge on any atom is -0.385 e. The van der Waals surface area contributed by atoms with Crippen LogP contribution in [0.4, 0.5) is 11.4 Å². The summed E-state index contributed by atoms with van der Waals surface area (Å²) in [6.07, 6.45) is 2.48. The summed E-state index contributed by atoms with van der Waals surface area (Å²) in [5.41, 5.74) is 2.89. The molecule has 0 heterocycles. The number of rotatable bonds is 5. The van der Waals surface area contributed by atoms with Gasteiger partial charge in [0, 0.05) is 32.0 Å². The molecule has 0 unspecified atom stereocenters. The van der Waals surface area contributed by atoms with Crippen molar-refractivity contribution in [1.82, 2.24) is 0 Å². The Morgan fingerprint density at radius 3 is 2.12 bits per heavy atom. The van der Waals surface area contributed by atoms with E-state index < -0.39 is 0 Å². The van der Waals surface area contributed by atoms with Gasteiger partial charge in [0.25, 0.3) is 0 Å². The van der Waals surface area contributed by atoms with Gasteiger partial charge in [-0.25, -0.2) is 0 Å². The second kappa shape index (κ2) is 5.95. The molecule has 0 radical (unpaired) electrons. The van der Waals surface area contributed by atoms with Gasteiger partial charge in [-0.1, -0.05) is 20.8 Å². The molecule has 1 rings (SSSR count). The first kappa shape index (κ1) is 13.9. The molecule has 2 nitrogen and oxygen atoms in total. The summed E-state index contributed by atoms with van der Waals surface area (Å²) in [7, 11) is 4.12. The molecule has 0 aliphatic carbocycles. The van der Waals surface area contributed by atoms with Crippen molar-refractivity contribution in [2.24, 2.45) is 5.41 Å². The van der Waals surface area contributed by atoms with Gasteiger partial charge in [-0.05, 0) is 42.5 Å². The van der Waals surface area contributed by atoms with Crippen molar-refractivity contribution in [1.29, 1.82) is 0 Å². The van der Waals surface area contributed by atoms with E-state index in [0.717, 1.165) is 6.54 Å². The van der Waals surface area contributed by atoms with Crippen LogP contribution in [-0.4, -0.2) is 20.6 Å². The first-order valence-electron chi connectivity index (χ1n) is 6.40. The van der Waals surface area contributed by atoms with E-state index in [1.165, 1.54) is 24.2 Å². The van der Waals surface area contributed by atoms with Crippen LogP contribution in [0.5, 0.6) is 0 Å². The van der Waals surface area contributed by atoms with Crippen LogP contribution < -0.4 is 10.2 Å². The van der Waals surface area contributed by atoms with Crippen molar-refractivity contribution in [3.8, 4) is 0 Å². The molecule has 0 spiro atoms. The molecule has 0 atom stereocenters. The van der Waals surface area contributed by atoms with E-state index >= 15 is 0 Å². The van der Waals surface area contributed by atoms with E-state index in [0.29, 0.717) is 5.41 Å². The average Bonchev–Trinajstić information content (AvgIpc) is 2.24. The molecular formula is C15H26N2. The first-order valence-corrected chi connectivity index (χ1v) is 6.40. The highest BCUT2D eigenvalue weighted by molar-refractivity contribution is 5.54. The average molecular weight is 234 g/mol. The fraction of sp³-hybridized carbons (Fsp3) is 0.600. The van der Waals surface area contributed by atoms with E-state index in [-0.39, 0.29) is 0 Å². The molecule has 1 aromatic carbocycles. The Hall–Kier alpha value is -1.18. The second-order valence-corrected chi connectivity index (χ2v) is 6.03. The Bertz CT molecular complexity index is 320. The standard InChI is InChI=1S/C15H26N2/c1-15(2,3)11-6-12-16-13-7-9-14(10-8-13)17(4)5/h7-10,16H,6,11-12H2,1-5H3. The first-order chi connectivity index (χ1) is 7.88. The molecule has 0 saturated heterocycles. The van der Waals surface area contributed by atoms with E-state index in [9.17, 15) is 0 Å². The van der Waals surface area contributed by atoms with E-state index in [1.807, 2.05) is 0 Å². The third-order valence-electron chi connectivity index (χ3n) is 2.82. The largest absolute Gasteiger partial charge is 0.385 e. The van der Waals surface area contributed by atoms with Crippen LogP contribution >= 0.6 is 0 Å². The highest BCUT2D eigenvalue weighted by Crippen LogP contribution is 2.21. The van der Waals surface area contributed by atoms with Gasteiger partial charge in [0.2, 0.25) is 0 Å². The highest BCUT2D eigenvalue weighted by Gasteiger charge is 2.08. The molecule has 0 saturated carbocycles. The quantitative estimate of drug-likeness (QED) is 0.775. The molecule has 0 amide bonds. The lowest BCUT2D eigenvalue weighted by molar-refractivity contribution is 0.370. The predicted octanol–water partition coefficient (Wildman–Crippen LogP) is 3.99. The summed E-state index contributed by atoms with van der Waals surface area (Å²) in [6, 6.07) is 8.58. The molecule has 0 bridgehead atoms. The molecule has 17 heavy (non-hydrogen) atoms. The van der Waals surface area contributed by atoms with Crippen LogP contribution in [0.25, 0.3) is 0 Å². The maximum atomic E-state index is 3.46. The number of hydrogen-bond donors (Lipinski definition) is 1. The van der Waals surface area contributed by atoms with Gasteiger partial charge >= 0.3 is 0 Å². The second-order valence-electron chi connectivity index (χ2n) is 6.03. The van der Waals surface area contributed by atoms with E-state index in [2.05, 4.69) is 69.3 Å². The van der Waals surface area contributed by atoms with Crippen LogP contribution in [0.1, 0.15) is 33.6 Å². The number of nitrogens with zero attached hydrogens (tertiary/aromatic N) is 1. The molecule has 0 aliphatic rings. The van der Waals surface area contributed by atoms with Crippen molar-refractivity contribution in [3.05, 3.63) is 24.3 Å². The molecule has 0 fully saturated rings. The summed E-state index contributed by atoms with van der Waals surface area (Å²) >= 11 is 0. The zero-order valence-corrected chi connectivity index (χ0v) is 11.9. The van der Waals surface area contributed by atoms with Gasteiger partial charge in [-0.2, -0.15) is 0 Å². The normalized spacial score (nSPS) is 11.4. The van der Waals surface area contributed by atoms with Gasteiger partial charge in [-0.15, -0.1) is 0 Å². The molecule has 1 N–H and O–H groups in total. The van der Waals surface area contributed by atoms with E-state index in [1.54, 1.807) is 0 Å². The van der Waals surface area contributed by atoms with Crippen LogP contribution in [0.15, 0.2) is 24.3 Å². The van der Waals surface area contributed by atoms with Crippen molar-refractivity contribution in [2.75, 3.05) is 30.9 Å². The topological polar surface area (TPSA) is 15.3 Å². The van der Waals surface area contributed by atoms with E-state index in [4.69, 9.17) is 0 Å². The molecule has 96 valence electrons. The summed E-state index contributed by atoms with van der Waals surface area (Å²) in [5.74, 6) is 0. The Morgan fingerprint density at radius 1 is 1.06 bits per heavy atom. The zero-order valence-electron chi connectivity index (χ0n) is 11.9. The third-order valence-corrected chi connectivity index (χ3v) is 2.82. The maximum absolute atomic E-state index is 3.46. The van der Waals surface area contributed by atoms with Gasteiger partial charge in [0.15, 0.2) is 0 Å². The lowest BCUT2D eigenvalue weighted by Crippen LogP contribution is -2.10. The fourth-order valence-corrected chi connectivity index (χ4v) is 1.73. The van der Waals surface area contributed by atoms with Crippen LogP contribution in [-0.2, 0) is 0 Å². The van der Waals surface area contributed by atoms with Gasteiger partial charge in [0.1, 0.15) is 0 Å². The summed E-state index contributed by atoms with van der Waals surface area (Å²) in [4.78, 5) is 2.11. The third kappa shape index (κ3) is 5.62. The number of nitrogens with one attached hydrogen (secondary N) is 1. The number of anilines is 2. The summed E-state index contributed by atoms with van der Waals surface area (Å²) < 4.78 is 0. The number of hydrogen-bond acceptors (Lipinski definition) is 2. The van der Waals surface area contributed by atoms with Crippen molar-refractivity contribution >= 4 is 11.4 Å². The molecular weight excluding hydrogens is 208 g/mol. The van der Waals surface area contributed by atoms with Gasteiger partial charge in [0.05, 0.1) is 0 Å². The monoisotopic (exact) mass is 234 g/mol. The Balaban J connectivity index is 2.33. The Morgan fingerprint density at radius 2 is 1.65 bits per heavy atom. The fourth-order valence-electron chi connectivity index (χ4n) is 1.73. The molecule has 1 aromatic rings. The van der Waals surface area contributed by atoms with Crippen LogP contribution in [0.3, 0.4) is 0 Å². The number of benzene rings is 1. The summed E-state index contributed by atoms with van der Waals surface area (Å²) in [5, 5.41) is 3.46. The smallest absolute Gasteiger partial charge is 0.0362 e. The minimum absolute atomic E-state index is 0.441. The summed E-state index contributed by atoms with van der Waals surface area (Å²) in [6.45, 7) is 7.93. The predicted molar refractivity (Wildman–Crippen MR) is 77.9 cm³/mol. The lowest BCUT2D eigenvalue weighted by Gasteiger charge is -2.18. The van der Waals surface area contributed by atoms with Crippen molar-refractivity contribution in [3.63, 3.8) is 0 Å². The van der Waals surface area contributed by atoms with Gasteiger partial charge in [-0.3, -0.25) is 0 Å². The minimum atomic E-state index is 0.441. The maximum Gasteiger partial charge on any atom is 0.0362 e.